The average molecular weight is 461 g/mol. The van der Waals surface area contributed by atoms with E-state index in [9.17, 15) is 4.79 Å². The van der Waals surface area contributed by atoms with E-state index in [4.69, 9.17) is 9.47 Å². The van der Waals surface area contributed by atoms with E-state index in [1.807, 2.05) is 24.3 Å². The summed E-state index contributed by atoms with van der Waals surface area (Å²) in [4.78, 5) is 16.6. The highest BCUT2D eigenvalue weighted by Gasteiger charge is 2.46. The predicted molar refractivity (Wildman–Crippen MR) is 93.5 cm³/mol. The number of carbonyl (C=O) groups is 1. The maximum Gasteiger partial charge on any atom is 0.428 e. The smallest absolute Gasteiger partial charge is 0.365 e. The van der Waals surface area contributed by atoms with Crippen molar-refractivity contribution in [3.8, 4) is 0 Å². The molecule has 3 rings (SSSR count). The first-order valence-corrected chi connectivity index (χ1v) is 9.18. The normalized spacial score (nSPS) is 19.8. The van der Waals surface area contributed by atoms with Crippen LogP contribution in [0.4, 0.5) is 10.6 Å². The van der Waals surface area contributed by atoms with Crippen LogP contribution in [0.1, 0.15) is 17.7 Å². The maximum absolute atomic E-state index is 11.7. The van der Waals surface area contributed by atoms with E-state index in [0.717, 1.165) is 21.8 Å². The molecule has 0 spiro atoms. The molecular formula is C14H15Br2N5O3. The van der Waals surface area contributed by atoms with E-state index in [1.165, 1.54) is 0 Å². The molecule has 128 valence electrons. The van der Waals surface area contributed by atoms with Gasteiger partial charge in [0.1, 0.15) is 0 Å². The number of rotatable bonds is 7. The van der Waals surface area contributed by atoms with Crippen molar-refractivity contribution in [3.63, 3.8) is 0 Å². The molecule has 1 aromatic heterocycles. The number of nitrogens with zero attached hydrogens (tertiary/aromatic N) is 2. The highest BCUT2D eigenvalue weighted by molar-refractivity contribution is 9.10. The molecule has 0 saturated carbocycles. The van der Waals surface area contributed by atoms with Crippen LogP contribution in [-0.2, 0) is 16.9 Å². The largest absolute Gasteiger partial charge is 0.428 e. The first kappa shape index (κ1) is 17.2. The molecule has 0 radical (unpaired) electrons. The molecule has 1 aliphatic rings. The Morgan fingerprint density at radius 2 is 2.21 bits per heavy atom. The molecule has 1 saturated heterocycles. The molecule has 1 aliphatic heterocycles. The fraction of sp³-hybridized carbons (Fsp3) is 0.357. The van der Waals surface area contributed by atoms with Crippen molar-refractivity contribution in [1.82, 2.24) is 21.1 Å². The van der Waals surface area contributed by atoms with Gasteiger partial charge < -0.3 is 10.2 Å². The van der Waals surface area contributed by atoms with Gasteiger partial charge in [0, 0.05) is 22.8 Å². The number of halogens is 2. The van der Waals surface area contributed by atoms with E-state index < -0.39 is 11.8 Å². The Morgan fingerprint density at radius 3 is 2.92 bits per heavy atom. The topological polar surface area (TPSA) is 101 Å². The van der Waals surface area contributed by atoms with Crippen LogP contribution in [-0.4, -0.2) is 28.3 Å². The van der Waals surface area contributed by atoms with Crippen molar-refractivity contribution in [1.29, 1.82) is 0 Å². The van der Waals surface area contributed by atoms with Gasteiger partial charge in [0.2, 0.25) is 0 Å². The first-order chi connectivity index (χ1) is 11.6. The van der Waals surface area contributed by atoms with Gasteiger partial charge in [0.15, 0.2) is 17.2 Å². The molecule has 24 heavy (non-hydrogen) atoms. The maximum atomic E-state index is 11.7. The zero-order chi connectivity index (χ0) is 17.0. The summed E-state index contributed by atoms with van der Waals surface area (Å²) in [6.45, 7) is 0.689. The lowest BCUT2D eigenvalue weighted by Gasteiger charge is -2.24. The second kappa shape index (κ2) is 7.49. The molecule has 1 aromatic carbocycles. The van der Waals surface area contributed by atoms with Crippen molar-refractivity contribution >= 4 is 43.8 Å². The van der Waals surface area contributed by atoms with E-state index in [2.05, 4.69) is 58.3 Å². The Balaban J connectivity index is 1.89. The number of amides is 1. The van der Waals surface area contributed by atoms with E-state index >= 15 is 0 Å². The molecule has 1 amide bonds. The van der Waals surface area contributed by atoms with E-state index in [-0.39, 0.29) is 0 Å². The molecule has 1 fully saturated rings. The molecule has 0 aliphatic carbocycles. The van der Waals surface area contributed by atoms with Gasteiger partial charge in [0.05, 0.1) is 0 Å². The molecule has 1 unspecified atom stereocenters. The number of alkyl halides is 1. The summed E-state index contributed by atoms with van der Waals surface area (Å²) >= 11 is 6.82. The standard InChI is InChI=1S/C14H15Br2N5O3/c15-5-2-6-17-12-11(19-24-20-12)14(18-13(22)23-21-14)8-9-3-1-4-10(16)7-9/h1,3-4,7,21H,2,5-6,8H2,(H,17,20)(H,18,22). The Kier molecular flexibility index (Phi) is 5.36. The van der Waals surface area contributed by atoms with Crippen LogP contribution < -0.4 is 16.1 Å². The molecule has 10 heteroatoms. The van der Waals surface area contributed by atoms with Gasteiger partial charge in [-0.15, -0.1) is 5.48 Å². The van der Waals surface area contributed by atoms with Gasteiger partial charge in [0.25, 0.3) is 0 Å². The summed E-state index contributed by atoms with van der Waals surface area (Å²) in [5.41, 5.74) is 3.08. The van der Waals surface area contributed by atoms with Gasteiger partial charge in [-0.2, -0.15) is 0 Å². The first-order valence-electron chi connectivity index (χ1n) is 7.26. The monoisotopic (exact) mass is 459 g/mol. The van der Waals surface area contributed by atoms with Gasteiger partial charge in [-0.3, -0.25) is 5.32 Å². The third-order valence-corrected chi connectivity index (χ3v) is 4.54. The number of aromatic nitrogens is 2. The predicted octanol–water partition coefficient (Wildman–Crippen LogP) is 2.67. The number of hydrogen-bond donors (Lipinski definition) is 3. The zero-order valence-corrected chi connectivity index (χ0v) is 15.7. The van der Waals surface area contributed by atoms with Crippen LogP contribution in [0.15, 0.2) is 33.4 Å². The van der Waals surface area contributed by atoms with Crippen molar-refractivity contribution in [3.05, 3.63) is 40.0 Å². The summed E-state index contributed by atoms with van der Waals surface area (Å²) in [7, 11) is 0. The molecule has 2 aromatic rings. The lowest BCUT2D eigenvalue weighted by Crippen LogP contribution is -2.49. The Bertz CT molecular complexity index is 726. The van der Waals surface area contributed by atoms with Crippen LogP contribution in [0.25, 0.3) is 0 Å². The summed E-state index contributed by atoms with van der Waals surface area (Å²) in [5, 5.41) is 14.7. The van der Waals surface area contributed by atoms with Gasteiger partial charge >= 0.3 is 6.09 Å². The summed E-state index contributed by atoms with van der Waals surface area (Å²) in [6.07, 6.45) is 0.722. The second-order valence-electron chi connectivity index (χ2n) is 5.26. The fourth-order valence-corrected chi connectivity index (χ4v) is 3.17. The van der Waals surface area contributed by atoms with E-state index in [0.29, 0.717) is 24.5 Å². The van der Waals surface area contributed by atoms with Crippen molar-refractivity contribution in [2.75, 3.05) is 17.2 Å². The highest BCUT2D eigenvalue weighted by atomic mass is 79.9. The van der Waals surface area contributed by atoms with Gasteiger partial charge in [-0.25, -0.2) is 9.42 Å². The number of benzene rings is 1. The summed E-state index contributed by atoms with van der Waals surface area (Å²) in [6, 6.07) is 7.75. The molecule has 2 heterocycles. The van der Waals surface area contributed by atoms with Crippen LogP contribution in [0.3, 0.4) is 0 Å². The fourth-order valence-electron chi connectivity index (χ4n) is 2.44. The third-order valence-electron chi connectivity index (χ3n) is 3.49. The SMILES string of the molecule is O=C1NC(Cc2cccc(Br)c2)(c2nonc2NCCCBr)NO1. The number of carbonyl (C=O) groups excluding carboxylic acids is 1. The Hall–Kier alpha value is -1.65. The van der Waals surface area contributed by atoms with Gasteiger partial charge in [-0.05, 0) is 34.4 Å². The van der Waals surface area contributed by atoms with Crippen molar-refractivity contribution in [2.45, 2.75) is 18.5 Å². The minimum Gasteiger partial charge on any atom is -0.365 e. The van der Waals surface area contributed by atoms with E-state index in [1.54, 1.807) is 0 Å². The second-order valence-corrected chi connectivity index (χ2v) is 6.97. The van der Waals surface area contributed by atoms with Crippen LogP contribution in [0.2, 0.25) is 0 Å². The molecule has 0 bridgehead atoms. The van der Waals surface area contributed by atoms with Crippen LogP contribution in [0, 0.1) is 0 Å². The summed E-state index contributed by atoms with van der Waals surface area (Å²) < 4.78 is 5.82. The minimum atomic E-state index is -1.06. The lowest BCUT2D eigenvalue weighted by molar-refractivity contribution is 0.0884. The van der Waals surface area contributed by atoms with Crippen molar-refractivity contribution in [2.24, 2.45) is 0 Å². The number of hydrogen-bond acceptors (Lipinski definition) is 7. The molecular weight excluding hydrogens is 446 g/mol. The minimum absolute atomic E-state index is 0.402. The van der Waals surface area contributed by atoms with Crippen LogP contribution >= 0.6 is 31.9 Å². The quantitative estimate of drug-likeness (QED) is 0.431. The lowest BCUT2D eigenvalue weighted by atomic mass is 9.97. The Labute approximate surface area is 154 Å². The molecule has 3 N–H and O–H groups in total. The molecule has 8 nitrogen and oxygen atoms in total. The van der Waals surface area contributed by atoms with Crippen LogP contribution in [0.5, 0.6) is 0 Å². The number of anilines is 1. The summed E-state index contributed by atoms with van der Waals surface area (Å²) in [5.74, 6) is 0.462. The molecule has 1 atom stereocenters. The number of nitrogens with one attached hydrogen (secondary N) is 3. The number of hydroxylamine groups is 1. The van der Waals surface area contributed by atoms with Gasteiger partial charge in [-0.1, -0.05) is 44.0 Å². The average Bonchev–Trinajstić information content (AvgIpc) is 3.15. The van der Waals surface area contributed by atoms with Crippen molar-refractivity contribution < 1.29 is 14.3 Å². The zero-order valence-electron chi connectivity index (χ0n) is 12.5. The highest BCUT2D eigenvalue weighted by Crippen LogP contribution is 2.30. The third kappa shape index (κ3) is 3.70. The Morgan fingerprint density at radius 1 is 1.33 bits per heavy atom.